The first-order valence-electron chi connectivity index (χ1n) is 4.84. The second-order valence-corrected chi connectivity index (χ2v) is 3.90. The van der Waals surface area contributed by atoms with Crippen LogP contribution in [0.4, 0.5) is 5.69 Å². The van der Waals surface area contributed by atoms with E-state index in [2.05, 4.69) is 0 Å². The molecule has 0 aliphatic rings. The van der Waals surface area contributed by atoms with Crippen molar-refractivity contribution in [3.63, 3.8) is 0 Å². The highest BCUT2D eigenvalue weighted by Gasteiger charge is 2.24. The summed E-state index contributed by atoms with van der Waals surface area (Å²) >= 11 is 5.75. The molecule has 0 amide bonds. The van der Waals surface area contributed by atoms with Crippen LogP contribution in [0.2, 0.25) is 5.02 Å². The third-order valence-electron chi connectivity index (χ3n) is 2.38. The topological polar surface area (TPSA) is 89.4 Å². The lowest BCUT2D eigenvalue weighted by molar-refractivity contribution is -0.385. The van der Waals surface area contributed by atoms with Crippen molar-refractivity contribution in [3.05, 3.63) is 38.9 Å². The lowest BCUT2D eigenvalue weighted by Crippen LogP contribution is -2.26. The maximum atomic E-state index is 10.8. The Labute approximate surface area is 98.0 Å². The van der Waals surface area contributed by atoms with Gasteiger partial charge in [0.25, 0.3) is 5.69 Å². The fourth-order valence-electron chi connectivity index (χ4n) is 1.42. The Kier molecular flexibility index (Phi) is 4.23. The molecule has 0 fully saturated rings. The number of nitro benzene ring substituents is 1. The molecule has 0 saturated carbocycles. The fraction of sp³-hybridized carbons (Fsp3) is 0.400. The van der Waals surface area contributed by atoms with Crippen LogP contribution < -0.4 is 5.73 Å². The Bertz CT molecular complexity index is 398. The zero-order valence-electron chi connectivity index (χ0n) is 8.76. The molecule has 6 heteroatoms. The van der Waals surface area contributed by atoms with E-state index in [1.54, 1.807) is 6.92 Å². The molecule has 0 unspecified atom stereocenters. The van der Waals surface area contributed by atoms with Crippen molar-refractivity contribution in [1.82, 2.24) is 0 Å². The Morgan fingerprint density at radius 2 is 2.25 bits per heavy atom. The normalized spacial score (nSPS) is 14.5. The van der Waals surface area contributed by atoms with Gasteiger partial charge in [-0.15, -0.1) is 0 Å². The molecule has 0 heterocycles. The number of aliphatic hydroxyl groups excluding tert-OH is 1. The van der Waals surface area contributed by atoms with Gasteiger partial charge in [-0.3, -0.25) is 10.1 Å². The molecule has 0 spiro atoms. The number of hydrogen-bond acceptors (Lipinski definition) is 4. The zero-order chi connectivity index (χ0) is 12.3. The van der Waals surface area contributed by atoms with Gasteiger partial charge in [-0.05, 0) is 18.6 Å². The van der Waals surface area contributed by atoms with Crippen LogP contribution in [-0.2, 0) is 0 Å². The second-order valence-electron chi connectivity index (χ2n) is 3.46. The minimum Gasteiger partial charge on any atom is -0.391 e. The summed E-state index contributed by atoms with van der Waals surface area (Å²) < 4.78 is 0. The second kappa shape index (κ2) is 5.25. The summed E-state index contributed by atoms with van der Waals surface area (Å²) in [7, 11) is 0. The maximum Gasteiger partial charge on any atom is 0.274 e. The Hall–Kier alpha value is -1.17. The van der Waals surface area contributed by atoms with Crippen LogP contribution in [0.25, 0.3) is 0 Å². The first-order valence-corrected chi connectivity index (χ1v) is 5.22. The number of nitrogens with two attached hydrogens (primary N) is 1. The Morgan fingerprint density at radius 3 is 2.75 bits per heavy atom. The number of rotatable bonds is 4. The van der Waals surface area contributed by atoms with Crippen molar-refractivity contribution in [2.24, 2.45) is 5.73 Å². The van der Waals surface area contributed by atoms with Gasteiger partial charge in [-0.2, -0.15) is 0 Å². The van der Waals surface area contributed by atoms with Crippen molar-refractivity contribution >= 4 is 17.3 Å². The van der Waals surface area contributed by atoms with Crippen LogP contribution >= 0.6 is 11.6 Å². The van der Waals surface area contributed by atoms with Crippen LogP contribution in [-0.4, -0.2) is 16.1 Å². The van der Waals surface area contributed by atoms with E-state index in [1.165, 1.54) is 18.2 Å². The van der Waals surface area contributed by atoms with Gasteiger partial charge in [-0.25, -0.2) is 0 Å². The average Bonchev–Trinajstić information content (AvgIpc) is 2.26. The molecule has 16 heavy (non-hydrogen) atoms. The third-order valence-corrected chi connectivity index (χ3v) is 2.61. The molecule has 1 aromatic carbocycles. The van der Waals surface area contributed by atoms with E-state index in [0.717, 1.165) is 0 Å². The smallest absolute Gasteiger partial charge is 0.274 e. The molecule has 1 rings (SSSR count). The van der Waals surface area contributed by atoms with E-state index in [0.29, 0.717) is 11.4 Å². The quantitative estimate of drug-likeness (QED) is 0.626. The summed E-state index contributed by atoms with van der Waals surface area (Å²) in [6.07, 6.45) is -0.401. The number of aliphatic hydroxyl groups is 1. The van der Waals surface area contributed by atoms with Gasteiger partial charge in [-0.1, -0.05) is 18.5 Å². The Morgan fingerprint density at radius 1 is 1.62 bits per heavy atom. The number of halogens is 1. The van der Waals surface area contributed by atoms with Crippen LogP contribution in [0.1, 0.15) is 24.9 Å². The molecule has 0 aliphatic heterocycles. The molecule has 2 atom stereocenters. The lowest BCUT2D eigenvalue weighted by Gasteiger charge is -2.17. The molecule has 0 radical (unpaired) electrons. The van der Waals surface area contributed by atoms with Crippen LogP contribution in [0.3, 0.4) is 0 Å². The maximum absolute atomic E-state index is 10.8. The van der Waals surface area contributed by atoms with Gasteiger partial charge in [0.1, 0.15) is 0 Å². The number of nitro groups is 1. The minimum absolute atomic E-state index is 0.121. The molecule has 0 saturated heterocycles. The van der Waals surface area contributed by atoms with E-state index in [9.17, 15) is 15.2 Å². The highest BCUT2D eigenvalue weighted by Crippen LogP contribution is 2.29. The van der Waals surface area contributed by atoms with Gasteiger partial charge in [0, 0.05) is 11.1 Å². The highest BCUT2D eigenvalue weighted by molar-refractivity contribution is 6.30. The van der Waals surface area contributed by atoms with Crippen molar-refractivity contribution < 1.29 is 10.0 Å². The average molecular weight is 245 g/mol. The number of hydrogen-bond donors (Lipinski definition) is 2. The first-order chi connectivity index (χ1) is 7.47. The van der Waals surface area contributed by atoms with Gasteiger partial charge in [0.05, 0.1) is 22.6 Å². The van der Waals surface area contributed by atoms with Gasteiger partial charge < -0.3 is 10.8 Å². The molecule has 3 N–H and O–H groups in total. The summed E-state index contributed by atoms with van der Waals surface area (Å²) in [5, 5.41) is 20.7. The summed E-state index contributed by atoms with van der Waals surface area (Å²) in [6.45, 7) is 1.75. The van der Waals surface area contributed by atoms with E-state index in [4.69, 9.17) is 17.3 Å². The first kappa shape index (κ1) is 12.9. The van der Waals surface area contributed by atoms with E-state index in [-0.39, 0.29) is 11.3 Å². The van der Waals surface area contributed by atoms with Crippen LogP contribution in [0.5, 0.6) is 0 Å². The molecule has 5 nitrogen and oxygen atoms in total. The molecule has 0 bridgehead atoms. The number of benzene rings is 1. The summed E-state index contributed by atoms with van der Waals surface area (Å²) in [5.41, 5.74) is 5.88. The molecule has 1 aromatic rings. The highest BCUT2D eigenvalue weighted by atomic mass is 35.5. The standard InChI is InChI=1S/C10H13ClN2O3/c1-2-9(14)10(12)7-5-6(11)3-4-8(7)13(15)16/h3-5,9-10,14H,2,12H2,1H3/t9-,10+/m0/s1. The van der Waals surface area contributed by atoms with E-state index in [1.807, 2.05) is 0 Å². The number of nitrogens with zero attached hydrogens (tertiary/aromatic N) is 1. The third kappa shape index (κ3) is 2.69. The van der Waals surface area contributed by atoms with Crippen LogP contribution in [0.15, 0.2) is 18.2 Å². The Balaban J connectivity index is 3.19. The van der Waals surface area contributed by atoms with Crippen molar-refractivity contribution in [3.8, 4) is 0 Å². The molecule has 0 aliphatic carbocycles. The molecule has 0 aromatic heterocycles. The SMILES string of the molecule is CC[C@H](O)[C@H](N)c1cc(Cl)ccc1[N+](=O)[O-]. The van der Waals surface area contributed by atoms with Gasteiger partial charge in [0.15, 0.2) is 0 Å². The molecular formula is C10H13ClN2O3. The summed E-state index contributed by atoms with van der Waals surface area (Å²) in [6, 6.07) is 3.33. The van der Waals surface area contributed by atoms with E-state index >= 15 is 0 Å². The summed E-state index contributed by atoms with van der Waals surface area (Å²) in [4.78, 5) is 10.2. The van der Waals surface area contributed by atoms with E-state index < -0.39 is 17.1 Å². The largest absolute Gasteiger partial charge is 0.391 e. The molecular weight excluding hydrogens is 232 g/mol. The predicted octanol–water partition coefficient (Wildman–Crippen LogP) is 2.02. The predicted molar refractivity (Wildman–Crippen MR) is 61.3 cm³/mol. The van der Waals surface area contributed by atoms with Crippen molar-refractivity contribution in [2.75, 3.05) is 0 Å². The van der Waals surface area contributed by atoms with Gasteiger partial charge >= 0.3 is 0 Å². The summed E-state index contributed by atoms with van der Waals surface area (Å²) in [5.74, 6) is 0. The minimum atomic E-state index is -0.822. The van der Waals surface area contributed by atoms with Crippen molar-refractivity contribution in [1.29, 1.82) is 0 Å². The monoisotopic (exact) mass is 244 g/mol. The molecule has 88 valence electrons. The van der Waals surface area contributed by atoms with Crippen LogP contribution in [0, 0.1) is 10.1 Å². The zero-order valence-corrected chi connectivity index (χ0v) is 9.52. The van der Waals surface area contributed by atoms with Gasteiger partial charge in [0.2, 0.25) is 0 Å². The lowest BCUT2D eigenvalue weighted by atomic mass is 9.99. The van der Waals surface area contributed by atoms with Crippen molar-refractivity contribution in [2.45, 2.75) is 25.5 Å². The fourth-order valence-corrected chi connectivity index (χ4v) is 1.60.